The third-order valence-electron chi connectivity index (χ3n) is 2.66. The minimum Gasteiger partial charge on any atom is -0.473 e. The highest BCUT2D eigenvalue weighted by Crippen LogP contribution is 2.28. The Morgan fingerprint density at radius 1 is 1.00 bits per heavy atom. The molecule has 2 nitrogen and oxygen atoms in total. The molecule has 6 heteroatoms. The molecule has 0 radical (unpaired) electrons. The van der Waals surface area contributed by atoms with Gasteiger partial charge < -0.3 is 4.74 Å². The van der Waals surface area contributed by atoms with Crippen LogP contribution in [0.4, 0.5) is 13.2 Å². The molecule has 21 heavy (non-hydrogen) atoms. The summed E-state index contributed by atoms with van der Waals surface area (Å²) in [6, 6.07) is 13.3. The van der Waals surface area contributed by atoms with Crippen molar-refractivity contribution in [2.24, 2.45) is 0 Å². The van der Waals surface area contributed by atoms with Crippen molar-refractivity contribution in [1.29, 1.82) is 0 Å². The van der Waals surface area contributed by atoms with Gasteiger partial charge in [-0.15, -0.1) is 0 Å². The lowest BCUT2D eigenvalue weighted by molar-refractivity contribution is -0.179. The monoisotopic (exact) mass is 406 g/mol. The molecule has 0 amide bonds. The van der Waals surface area contributed by atoms with E-state index in [0.717, 1.165) is 3.57 Å². The van der Waals surface area contributed by atoms with Crippen LogP contribution in [0.15, 0.2) is 54.6 Å². The highest BCUT2D eigenvalue weighted by Gasteiger charge is 2.47. The summed E-state index contributed by atoms with van der Waals surface area (Å²) < 4.78 is 45.0. The van der Waals surface area contributed by atoms with Gasteiger partial charge in [0.1, 0.15) is 5.75 Å². The second-order valence-electron chi connectivity index (χ2n) is 4.22. The van der Waals surface area contributed by atoms with Crippen molar-refractivity contribution in [2.75, 3.05) is 0 Å². The molecule has 0 spiro atoms. The van der Waals surface area contributed by atoms with E-state index in [1.165, 1.54) is 36.4 Å². The van der Waals surface area contributed by atoms with E-state index in [1.807, 2.05) is 22.6 Å². The van der Waals surface area contributed by atoms with Gasteiger partial charge in [0.2, 0.25) is 5.78 Å². The van der Waals surface area contributed by atoms with Gasteiger partial charge in [-0.2, -0.15) is 13.2 Å². The molecular weight excluding hydrogens is 396 g/mol. The van der Waals surface area contributed by atoms with Crippen LogP contribution in [0, 0.1) is 3.57 Å². The summed E-state index contributed by atoms with van der Waals surface area (Å²) in [5, 5.41) is 0. The number of rotatable bonds is 4. The van der Waals surface area contributed by atoms with Gasteiger partial charge in [-0.05, 0) is 46.9 Å². The summed E-state index contributed by atoms with van der Waals surface area (Å²) >= 11 is 2.02. The van der Waals surface area contributed by atoms with Gasteiger partial charge in [-0.1, -0.05) is 30.3 Å². The van der Waals surface area contributed by atoms with Gasteiger partial charge in [0.05, 0.1) is 0 Å². The number of hydrogen-bond acceptors (Lipinski definition) is 2. The zero-order valence-electron chi connectivity index (χ0n) is 10.6. The summed E-state index contributed by atoms with van der Waals surface area (Å²) in [6.45, 7) is 0. The number of ether oxygens (including phenoxy) is 1. The number of carbonyl (C=O) groups excluding carboxylic acids is 1. The lowest BCUT2D eigenvalue weighted by Gasteiger charge is -2.20. The van der Waals surface area contributed by atoms with Gasteiger partial charge in [0.15, 0.2) is 0 Å². The fourth-order valence-corrected chi connectivity index (χ4v) is 2.03. The standard InChI is InChI=1S/C15H10F3IO2/c16-15(17,18)14(13(20)10-4-2-1-3-5-10)21-12-8-6-11(19)7-9-12/h1-9,14H/t14-/m1/s1. The molecule has 2 aromatic carbocycles. The molecular formula is C15H10F3IO2. The van der Waals surface area contributed by atoms with E-state index in [2.05, 4.69) is 0 Å². The molecule has 0 bridgehead atoms. The number of hydrogen-bond donors (Lipinski definition) is 0. The van der Waals surface area contributed by atoms with Crippen molar-refractivity contribution in [3.63, 3.8) is 0 Å². The van der Waals surface area contributed by atoms with E-state index in [4.69, 9.17) is 4.74 Å². The van der Waals surface area contributed by atoms with Crippen LogP contribution in [0.3, 0.4) is 0 Å². The first-order valence-corrected chi connectivity index (χ1v) is 7.04. The second-order valence-corrected chi connectivity index (χ2v) is 5.47. The number of ketones is 1. The Balaban J connectivity index is 2.27. The van der Waals surface area contributed by atoms with E-state index in [9.17, 15) is 18.0 Å². The zero-order chi connectivity index (χ0) is 15.5. The fraction of sp³-hybridized carbons (Fsp3) is 0.133. The maximum atomic E-state index is 13.1. The molecule has 0 N–H and O–H groups in total. The average molecular weight is 406 g/mol. The largest absolute Gasteiger partial charge is 0.473 e. The summed E-state index contributed by atoms with van der Waals surface area (Å²) in [5.74, 6) is -1.11. The number of benzene rings is 2. The molecule has 2 aromatic rings. The molecule has 0 saturated carbocycles. The highest BCUT2D eigenvalue weighted by molar-refractivity contribution is 14.1. The quantitative estimate of drug-likeness (QED) is 0.553. The summed E-state index contributed by atoms with van der Waals surface area (Å²) in [5.41, 5.74) is -0.0367. The smallest absolute Gasteiger partial charge is 0.433 e. The SMILES string of the molecule is O=C(c1ccccc1)[C@@H](Oc1ccc(I)cc1)C(F)(F)F. The Morgan fingerprint density at radius 3 is 2.10 bits per heavy atom. The van der Waals surface area contributed by atoms with Crippen LogP contribution in [-0.4, -0.2) is 18.1 Å². The van der Waals surface area contributed by atoms with Crippen LogP contribution in [0.2, 0.25) is 0 Å². The van der Waals surface area contributed by atoms with E-state index in [0.29, 0.717) is 0 Å². The van der Waals surface area contributed by atoms with Crippen LogP contribution >= 0.6 is 22.6 Å². The minimum absolute atomic E-state index is 0.00187. The molecule has 110 valence electrons. The Bertz CT molecular complexity index is 609. The first-order chi connectivity index (χ1) is 9.88. The van der Waals surface area contributed by atoms with Gasteiger partial charge >= 0.3 is 6.18 Å². The van der Waals surface area contributed by atoms with Gasteiger partial charge in [0, 0.05) is 9.13 Å². The number of carbonyl (C=O) groups is 1. The van der Waals surface area contributed by atoms with Crippen LogP contribution < -0.4 is 4.74 Å². The van der Waals surface area contributed by atoms with Crippen molar-refractivity contribution in [3.8, 4) is 5.75 Å². The minimum atomic E-state index is -4.78. The summed E-state index contributed by atoms with van der Waals surface area (Å²) in [6.07, 6.45) is -7.30. The van der Waals surface area contributed by atoms with Crippen LogP contribution in [0.25, 0.3) is 0 Å². The van der Waals surface area contributed by atoms with E-state index in [-0.39, 0.29) is 11.3 Å². The van der Waals surface area contributed by atoms with Crippen molar-refractivity contribution in [2.45, 2.75) is 12.3 Å². The molecule has 0 unspecified atom stereocenters. The molecule has 1 atom stereocenters. The van der Waals surface area contributed by atoms with E-state index >= 15 is 0 Å². The third kappa shape index (κ3) is 4.20. The summed E-state index contributed by atoms with van der Waals surface area (Å²) in [7, 11) is 0. The Kier molecular flexibility index (Phi) is 4.87. The Hall–Kier alpha value is -1.57. The topological polar surface area (TPSA) is 26.3 Å². The molecule has 0 aromatic heterocycles. The highest BCUT2D eigenvalue weighted by atomic mass is 127. The average Bonchev–Trinajstić information content (AvgIpc) is 2.45. The second kappa shape index (κ2) is 6.46. The van der Waals surface area contributed by atoms with Crippen molar-refractivity contribution in [1.82, 2.24) is 0 Å². The first kappa shape index (κ1) is 15.8. The van der Waals surface area contributed by atoms with Crippen LogP contribution in [-0.2, 0) is 0 Å². The van der Waals surface area contributed by atoms with Crippen LogP contribution in [0.5, 0.6) is 5.75 Å². The first-order valence-electron chi connectivity index (χ1n) is 5.96. The van der Waals surface area contributed by atoms with Crippen molar-refractivity contribution >= 4 is 28.4 Å². The zero-order valence-corrected chi connectivity index (χ0v) is 12.8. The van der Waals surface area contributed by atoms with Gasteiger partial charge in [0.25, 0.3) is 6.10 Å². The predicted molar refractivity (Wildman–Crippen MR) is 80.4 cm³/mol. The van der Waals surface area contributed by atoms with Crippen molar-refractivity contribution in [3.05, 3.63) is 63.7 Å². The van der Waals surface area contributed by atoms with Gasteiger partial charge in [-0.3, -0.25) is 4.79 Å². The molecule has 0 heterocycles. The van der Waals surface area contributed by atoms with Crippen LogP contribution in [0.1, 0.15) is 10.4 Å². The summed E-state index contributed by atoms with van der Waals surface area (Å²) in [4.78, 5) is 12.0. The number of alkyl halides is 3. The molecule has 0 aliphatic carbocycles. The molecule has 0 aliphatic rings. The molecule has 0 saturated heterocycles. The maximum Gasteiger partial charge on any atom is 0.433 e. The fourth-order valence-electron chi connectivity index (χ4n) is 1.67. The predicted octanol–water partition coefficient (Wildman–Crippen LogP) is 4.48. The van der Waals surface area contributed by atoms with E-state index in [1.54, 1.807) is 18.2 Å². The number of Topliss-reactive ketones (excluding diaryl/α,β-unsaturated/α-hetero) is 1. The Labute approximate surface area is 133 Å². The Morgan fingerprint density at radius 2 is 1.57 bits per heavy atom. The van der Waals surface area contributed by atoms with Gasteiger partial charge in [-0.25, -0.2) is 0 Å². The lowest BCUT2D eigenvalue weighted by atomic mass is 10.1. The lowest BCUT2D eigenvalue weighted by Crippen LogP contribution is -2.41. The molecule has 2 rings (SSSR count). The number of halogens is 4. The normalized spacial score (nSPS) is 12.8. The van der Waals surface area contributed by atoms with Crippen molar-refractivity contribution < 1.29 is 22.7 Å². The third-order valence-corrected chi connectivity index (χ3v) is 3.38. The molecule has 0 fully saturated rings. The van der Waals surface area contributed by atoms with E-state index < -0.39 is 18.1 Å². The maximum absolute atomic E-state index is 13.1. The molecule has 0 aliphatic heterocycles.